The fraction of sp³-hybridized carbons (Fsp3) is 0.316. The first-order valence-electron chi connectivity index (χ1n) is 8.73. The summed E-state index contributed by atoms with van der Waals surface area (Å²) in [4.78, 5) is 14.6. The van der Waals surface area contributed by atoms with Gasteiger partial charge in [0.05, 0.1) is 17.1 Å². The number of anilines is 1. The molecule has 0 saturated heterocycles. The van der Waals surface area contributed by atoms with Crippen LogP contribution in [0.1, 0.15) is 24.2 Å². The Labute approximate surface area is 158 Å². The Morgan fingerprint density at radius 2 is 1.93 bits per heavy atom. The molecule has 0 fully saturated rings. The average Bonchev–Trinajstić information content (AvgIpc) is 2.67. The maximum atomic E-state index is 13.4. The van der Waals surface area contributed by atoms with Gasteiger partial charge in [0.1, 0.15) is 18.2 Å². The molecule has 6 nitrogen and oxygen atoms in total. The number of carbonyl (C=O) groups is 1. The molecule has 0 saturated carbocycles. The van der Waals surface area contributed by atoms with Crippen molar-refractivity contribution in [1.29, 1.82) is 0 Å². The van der Waals surface area contributed by atoms with Crippen molar-refractivity contribution in [3.8, 4) is 5.75 Å². The summed E-state index contributed by atoms with van der Waals surface area (Å²) in [7, 11) is -3.67. The van der Waals surface area contributed by atoms with Gasteiger partial charge in [0.25, 0.3) is 5.91 Å². The van der Waals surface area contributed by atoms with Crippen LogP contribution in [0.2, 0.25) is 0 Å². The fourth-order valence-electron chi connectivity index (χ4n) is 3.06. The molecule has 0 N–H and O–H groups in total. The molecule has 0 radical (unpaired) electrons. The zero-order valence-electron chi connectivity index (χ0n) is 15.2. The van der Waals surface area contributed by atoms with Crippen LogP contribution >= 0.6 is 0 Å². The quantitative estimate of drug-likeness (QED) is 0.785. The summed E-state index contributed by atoms with van der Waals surface area (Å²) in [5.74, 6) is -0.514. The van der Waals surface area contributed by atoms with Crippen molar-refractivity contribution in [2.24, 2.45) is 0 Å². The number of halogens is 1. The Kier molecular flexibility index (Phi) is 5.48. The van der Waals surface area contributed by atoms with Crippen LogP contribution in [0, 0.1) is 5.82 Å². The Morgan fingerprint density at radius 3 is 2.63 bits per heavy atom. The van der Waals surface area contributed by atoms with Gasteiger partial charge in [-0.05, 0) is 30.3 Å². The summed E-state index contributed by atoms with van der Waals surface area (Å²) >= 11 is 0. The fourth-order valence-corrected chi connectivity index (χ4v) is 4.57. The predicted molar refractivity (Wildman–Crippen MR) is 100 cm³/mol. The molecule has 27 heavy (non-hydrogen) atoms. The molecule has 2 aromatic carbocycles. The number of hydrogen-bond acceptors (Lipinski definition) is 4. The second-order valence-electron chi connectivity index (χ2n) is 6.03. The van der Waals surface area contributed by atoms with E-state index in [0.29, 0.717) is 31.1 Å². The highest BCUT2D eigenvalue weighted by Gasteiger charge is 2.27. The molecule has 0 aromatic heterocycles. The van der Waals surface area contributed by atoms with E-state index >= 15 is 0 Å². The van der Waals surface area contributed by atoms with Gasteiger partial charge in [-0.1, -0.05) is 19.9 Å². The van der Waals surface area contributed by atoms with E-state index in [0.717, 1.165) is 0 Å². The molecular formula is C19H21FN2O4S. The molecule has 0 unspecified atom stereocenters. The molecule has 0 bridgehead atoms. The number of ether oxygens (including phenoxy) is 1. The van der Waals surface area contributed by atoms with Crippen molar-refractivity contribution in [1.82, 2.24) is 4.31 Å². The van der Waals surface area contributed by atoms with Gasteiger partial charge < -0.3 is 9.64 Å². The van der Waals surface area contributed by atoms with Crippen molar-refractivity contribution < 1.29 is 22.3 Å². The zero-order valence-corrected chi connectivity index (χ0v) is 16.0. The third-order valence-corrected chi connectivity index (χ3v) is 6.50. The van der Waals surface area contributed by atoms with E-state index in [1.807, 2.05) is 0 Å². The number of rotatable bonds is 5. The molecule has 2 aromatic rings. The molecule has 144 valence electrons. The minimum Gasteiger partial charge on any atom is -0.489 e. The van der Waals surface area contributed by atoms with Crippen LogP contribution in [0.4, 0.5) is 10.1 Å². The number of fused-ring (bicyclic) bond motifs is 1. The maximum absolute atomic E-state index is 13.4. The van der Waals surface area contributed by atoms with Crippen molar-refractivity contribution >= 4 is 21.6 Å². The van der Waals surface area contributed by atoms with Crippen LogP contribution in [-0.2, 0) is 10.0 Å². The number of hydrogen-bond donors (Lipinski definition) is 0. The molecule has 1 aliphatic rings. The van der Waals surface area contributed by atoms with Crippen molar-refractivity contribution in [3.05, 3.63) is 53.8 Å². The normalized spacial score (nSPS) is 14.0. The van der Waals surface area contributed by atoms with E-state index in [9.17, 15) is 17.6 Å². The number of benzene rings is 2. The molecule has 1 amide bonds. The monoisotopic (exact) mass is 392 g/mol. The summed E-state index contributed by atoms with van der Waals surface area (Å²) in [6.07, 6.45) is 0. The lowest BCUT2D eigenvalue weighted by molar-refractivity contribution is 0.0976. The Hall–Kier alpha value is -2.45. The third-order valence-electron chi connectivity index (χ3n) is 4.45. The highest BCUT2D eigenvalue weighted by Crippen LogP contribution is 2.33. The van der Waals surface area contributed by atoms with Crippen LogP contribution in [0.25, 0.3) is 0 Å². The maximum Gasteiger partial charge on any atom is 0.258 e. The number of carbonyl (C=O) groups excluding carboxylic acids is 1. The summed E-state index contributed by atoms with van der Waals surface area (Å²) in [5.41, 5.74) is 0.713. The number of sulfonamides is 1. The molecule has 3 rings (SSSR count). The first-order valence-corrected chi connectivity index (χ1v) is 10.2. The van der Waals surface area contributed by atoms with Gasteiger partial charge in [-0.3, -0.25) is 4.79 Å². The highest BCUT2D eigenvalue weighted by molar-refractivity contribution is 7.89. The minimum atomic E-state index is -3.67. The molecule has 0 aliphatic carbocycles. The standard InChI is InChI=1S/C19H21FN2O4S/c1-3-21(4-2)27(24,25)16-7-5-6-14(12-16)19(23)22-10-11-26-18-13-15(20)8-9-17(18)22/h5-9,12-13H,3-4,10-11H2,1-2H3. The van der Waals surface area contributed by atoms with Gasteiger partial charge in [-0.15, -0.1) is 0 Å². The first-order chi connectivity index (χ1) is 12.9. The lowest BCUT2D eigenvalue weighted by Gasteiger charge is -2.29. The second-order valence-corrected chi connectivity index (χ2v) is 7.97. The van der Waals surface area contributed by atoms with Gasteiger partial charge in [0.15, 0.2) is 0 Å². The molecular weight excluding hydrogens is 371 g/mol. The Bertz CT molecular complexity index is 958. The van der Waals surface area contributed by atoms with E-state index in [1.54, 1.807) is 26.0 Å². The van der Waals surface area contributed by atoms with Gasteiger partial charge in [0, 0.05) is 24.7 Å². The highest BCUT2D eigenvalue weighted by atomic mass is 32.2. The average molecular weight is 392 g/mol. The molecule has 8 heteroatoms. The number of amides is 1. The van der Waals surface area contributed by atoms with Gasteiger partial charge >= 0.3 is 0 Å². The van der Waals surface area contributed by atoms with E-state index in [1.165, 1.54) is 39.5 Å². The Balaban J connectivity index is 1.96. The lowest BCUT2D eigenvalue weighted by Crippen LogP contribution is -2.38. The largest absolute Gasteiger partial charge is 0.489 e. The Morgan fingerprint density at radius 1 is 1.19 bits per heavy atom. The van der Waals surface area contributed by atoms with Crippen LogP contribution < -0.4 is 9.64 Å². The van der Waals surface area contributed by atoms with Gasteiger partial charge in [-0.2, -0.15) is 4.31 Å². The summed E-state index contributed by atoms with van der Waals surface area (Å²) < 4.78 is 45.6. The second kappa shape index (κ2) is 7.66. The SMILES string of the molecule is CCN(CC)S(=O)(=O)c1cccc(C(=O)N2CCOc3cc(F)ccc32)c1. The molecule has 1 heterocycles. The van der Waals surface area contributed by atoms with Crippen LogP contribution in [0.5, 0.6) is 5.75 Å². The van der Waals surface area contributed by atoms with E-state index in [4.69, 9.17) is 4.74 Å². The number of nitrogens with zero attached hydrogens (tertiary/aromatic N) is 2. The van der Waals surface area contributed by atoms with Crippen molar-refractivity contribution in [2.75, 3.05) is 31.1 Å². The zero-order chi connectivity index (χ0) is 19.6. The predicted octanol–water partition coefficient (Wildman–Crippen LogP) is 2.90. The summed E-state index contributed by atoms with van der Waals surface area (Å²) in [6, 6.07) is 9.96. The van der Waals surface area contributed by atoms with Gasteiger partial charge in [-0.25, -0.2) is 12.8 Å². The lowest BCUT2D eigenvalue weighted by atomic mass is 10.1. The van der Waals surface area contributed by atoms with Crippen LogP contribution in [0.3, 0.4) is 0 Å². The van der Waals surface area contributed by atoms with E-state index < -0.39 is 15.8 Å². The topological polar surface area (TPSA) is 66.9 Å². The summed E-state index contributed by atoms with van der Waals surface area (Å²) in [5, 5.41) is 0. The summed E-state index contributed by atoms with van der Waals surface area (Å²) in [6.45, 7) is 4.75. The minimum absolute atomic E-state index is 0.0737. The first kappa shape index (κ1) is 19.3. The third kappa shape index (κ3) is 3.68. The van der Waals surface area contributed by atoms with Crippen molar-refractivity contribution in [3.63, 3.8) is 0 Å². The smallest absolute Gasteiger partial charge is 0.258 e. The van der Waals surface area contributed by atoms with E-state index in [2.05, 4.69) is 0 Å². The molecule has 1 aliphatic heterocycles. The van der Waals surface area contributed by atoms with E-state index in [-0.39, 0.29) is 23.0 Å². The van der Waals surface area contributed by atoms with Crippen LogP contribution in [0.15, 0.2) is 47.4 Å². The molecule has 0 atom stereocenters. The van der Waals surface area contributed by atoms with Gasteiger partial charge in [0.2, 0.25) is 10.0 Å². The van der Waals surface area contributed by atoms with Crippen molar-refractivity contribution in [2.45, 2.75) is 18.7 Å². The van der Waals surface area contributed by atoms with Crippen LogP contribution in [-0.4, -0.2) is 44.9 Å². The molecule has 0 spiro atoms.